The normalized spacial score (nSPS) is 13.0. The van der Waals surface area contributed by atoms with Crippen LogP contribution in [0, 0.1) is 0 Å². The van der Waals surface area contributed by atoms with Gasteiger partial charge in [-0.05, 0) is 55.5 Å². The third-order valence-corrected chi connectivity index (χ3v) is 5.53. The molecule has 96 valence electrons. The summed E-state index contributed by atoms with van der Waals surface area (Å²) in [5.41, 5.74) is 8.44. The molecule has 0 saturated heterocycles. The van der Waals surface area contributed by atoms with Crippen LogP contribution in [-0.2, 0) is 0 Å². The molecule has 1 aromatic carbocycles. The minimum Gasteiger partial charge on any atom is -0.318 e. The molecule has 0 aliphatic carbocycles. The Morgan fingerprint density at radius 2 is 1.94 bits per heavy atom. The molecule has 1 unspecified atom stereocenters. The third kappa shape index (κ3) is 3.02. The monoisotopic (exact) mass is 388 g/mol. The lowest BCUT2D eigenvalue weighted by atomic mass is 10.1. The fourth-order valence-corrected chi connectivity index (χ4v) is 3.21. The molecule has 0 amide bonds. The summed E-state index contributed by atoms with van der Waals surface area (Å²) in [4.78, 5) is 4.60. The average Bonchev–Trinajstić information content (AvgIpc) is 2.81. The Bertz CT molecular complexity index is 552. The van der Waals surface area contributed by atoms with E-state index in [0.29, 0.717) is 5.92 Å². The number of benzene rings is 1. The molecule has 0 radical (unpaired) electrons. The Labute approximate surface area is 128 Å². The van der Waals surface area contributed by atoms with Gasteiger partial charge in [0.2, 0.25) is 0 Å². The van der Waals surface area contributed by atoms with Crippen LogP contribution in [0.1, 0.15) is 42.1 Å². The highest BCUT2D eigenvalue weighted by Crippen LogP contribution is 2.30. The zero-order chi connectivity index (χ0) is 13.3. The highest BCUT2D eigenvalue weighted by atomic mass is 79.9. The van der Waals surface area contributed by atoms with Crippen LogP contribution in [0.5, 0.6) is 0 Å². The molecule has 0 bridgehead atoms. The number of nitrogens with zero attached hydrogens (tertiary/aromatic N) is 1. The van der Waals surface area contributed by atoms with E-state index in [-0.39, 0.29) is 6.04 Å². The van der Waals surface area contributed by atoms with Crippen LogP contribution in [0.25, 0.3) is 0 Å². The molecule has 1 atom stereocenters. The number of rotatable bonds is 3. The first-order valence-corrected chi connectivity index (χ1v) is 8.11. The van der Waals surface area contributed by atoms with Crippen LogP contribution in [0.3, 0.4) is 0 Å². The second-order valence-electron chi connectivity index (χ2n) is 4.42. The van der Waals surface area contributed by atoms with Gasteiger partial charge in [-0.1, -0.05) is 19.9 Å². The van der Waals surface area contributed by atoms with Gasteiger partial charge in [0.15, 0.2) is 0 Å². The summed E-state index contributed by atoms with van der Waals surface area (Å²) in [6, 6.07) is 5.89. The molecule has 0 saturated carbocycles. The van der Waals surface area contributed by atoms with Crippen LogP contribution in [0.15, 0.2) is 32.5 Å². The predicted octanol–water partition coefficient (Wildman–Crippen LogP) is 4.84. The SMILES string of the molecule is CC(C)c1csc(C(N)c2ccc(Br)c(Br)c2)n1. The van der Waals surface area contributed by atoms with E-state index in [1.54, 1.807) is 11.3 Å². The van der Waals surface area contributed by atoms with Crippen LogP contribution in [-0.4, -0.2) is 4.98 Å². The summed E-state index contributed by atoms with van der Waals surface area (Å²) in [5.74, 6) is 0.443. The molecule has 2 N–H and O–H groups in total. The number of thiazole rings is 1. The molecule has 0 fully saturated rings. The lowest BCUT2D eigenvalue weighted by molar-refractivity contribution is 0.795. The van der Waals surface area contributed by atoms with Gasteiger partial charge < -0.3 is 5.73 Å². The number of hydrogen-bond acceptors (Lipinski definition) is 3. The van der Waals surface area contributed by atoms with Gasteiger partial charge in [-0.2, -0.15) is 0 Å². The van der Waals surface area contributed by atoms with Crippen molar-refractivity contribution in [2.75, 3.05) is 0 Å². The van der Waals surface area contributed by atoms with Gasteiger partial charge in [0.25, 0.3) is 0 Å². The van der Waals surface area contributed by atoms with Gasteiger partial charge in [-0.3, -0.25) is 0 Å². The van der Waals surface area contributed by atoms with Crippen molar-refractivity contribution >= 4 is 43.2 Å². The van der Waals surface area contributed by atoms with E-state index in [9.17, 15) is 0 Å². The third-order valence-electron chi connectivity index (χ3n) is 2.70. The molecule has 1 heterocycles. The van der Waals surface area contributed by atoms with Crippen LogP contribution in [0.4, 0.5) is 0 Å². The standard InChI is InChI=1S/C13H14Br2N2S/c1-7(2)11-6-18-13(17-11)12(16)8-3-4-9(14)10(15)5-8/h3-7,12H,16H2,1-2H3. The number of halogens is 2. The highest BCUT2D eigenvalue weighted by molar-refractivity contribution is 9.13. The molecule has 5 heteroatoms. The maximum atomic E-state index is 6.26. The fourth-order valence-electron chi connectivity index (χ4n) is 1.56. The Hall–Kier alpha value is -0.230. The molecule has 0 aliphatic rings. The van der Waals surface area contributed by atoms with Crippen molar-refractivity contribution in [3.63, 3.8) is 0 Å². The largest absolute Gasteiger partial charge is 0.318 e. The Balaban J connectivity index is 2.29. The molecule has 2 nitrogen and oxygen atoms in total. The van der Waals surface area contributed by atoms with E-state index >= 15 is 0 Å². The van der Waals surface area contributed by atoms with Gasteiger partial charge in [0.05, 0.1) is 11.7 Å². The first-order chi connectivity index (χ1) is 8.49. The van der Waals surface area contributed by atoms with Crippen LogP contribution in [0.2, 0.25) is 0 Å². The predicted molar refractivity (Wildman–Crippen MR) is 84.1 cm³/mol. The lowest BCUT2D eigenvalue weighted by Crippen LogP contribution is -2.11. The molecule has 18 heavy (non-hydrogen) atoms. The minimum atomic E-state index is -0.160. The smallest absolute Gasteiger partial charge is 0.114 e. The highest BCUT2D eigenvalue weighted by Gasteiger charge is 2.15. The second-order valence-corrected chi connectivity index (χ2v) is 7.01. The summed E-state index contributed by atoms with van der Waals surface area (Å²) >= 11 is 8.58. The summed E-state index contributed by atoms with van der Waals surface area (Å²) in [6.07, 6.45) is 0. The molecule has 2 rings (SSSR count). The molecule has 2 aromatic rings. The van der Waals surface area contributed by atoms with E-state index in [0.717, 1.165) is 25.2 Å². The Kier molecular flexibility index (Phi) is 4.59. The molecular formula is C13H14Br2N2S. The average molecular weight is 390 g/mol. The molecule has 0 spiro atoms. The Morgan fingerprint density at radius 3 is 2.50 bits per heavy atom. The zero-order valence-corrected chi connectivity index (χ0v) is 14.1. The summed E-state index contributed by atoms with van der Waals surface area (Å²) < 4.78 is 2.04. The van der Waals surface area contributed by atoms with E-state index < -0.39 is 0 Å². The Morgan fingerprint density at radius 1 is 1.22 bits per heavy atom. The van der Waals surface area contributed by atoms with Crippen LogP contribution >= 0.6 is 43.2 Å². The van der Waals surface area contributed by atoms with Gasteiger partial charge in [-0.25, -0.2) is 4.98 Å². The number of aromatic nitrogens is 1. The van der Waals surface area contributed by atoms with Gasteiger partial charge in [0.1, 0.15) is 5.01 Å². The van der Waals surface area contributed by atoms with Crippen molar-refractivity contribution in [2.24, 2.45) is 5.73 Å². The molecular weight excluding hydrogens is 376 g/mol. The fraction of sp³-hybridized carbons (Fsp3) is 0.308. The molecule has 1 aromatic heterocycles. The van der Waals surface area contributed by atoms with Crippen molar-refractivity contribution in [1.29, 1.82) is 0 Å². The van der Waals surface area contributed by atoms with E-state index in [2.05, 4.69) is 56.1 Å². The van der Waals surface area contributed by atoms with Gasteiger partial charge >= 0.3 is 0 Å². The summed E-state index contributed by atoms with van der Waals surface area (Å²) in [6.45, 7) is 4.28. The first-order valence-electron chi connectivity index (χ1n) is 5.65. The molecule has 0 aliphatic heterocycles. The number of nitrogens with two attached hydrogens (primary N) is 1. The van der Waals surface area contributed by atoms with Crippen LogP contribution < -0.4 is 5.73 Å². The van der Waals surface area contributed by atoms with Crippen molar-refractivity contribution < 1.29 is 0 Å². The summed E-state index contributed by atoms with van der Waals surface area (Å²) in [7, 11) is 0. The van der Waals surface area contributed by atoms with Gasteiger partial charge in [-0.15, -0.1) is 11.3 Å². The number of hydrogen-bond donors (Lipinski definition) is 1. The topological polar surface area (TPSA) is 38.9 Å². The van der Waals surface area contributed by atoms with Crippen molar-refractivity contribution in [3.05, 3.63) is 48.8 Å². The van der Waals surface area contributed by atoms with E-state index in [1.165, 1.54) is 0 Å². The first kappa shape index (κ1) is 14.2. The van der Waals surface area contributed by atoms with Crippen molar-refractivity contribution in [2.45, 2.75) is 25.8 Å². The van der Waals surface area contributed by atoms with Crippen molar-refractivity contribution in [1.82, 2.24) is 4.98 Å². The van der Waals surface area contributed by atoms with Crippen molar-refractivity contribution in [3.8, 4) is 0 Å². The van der Waals surface area contributed by atoms with Gasteiger partial charge in [0, 0.05) is 14.3 Å². The maximum absolute atomic E-state index is 6.26. The maximum Gasteiger partial charge on any atom is 0.114 e. The lowest BCUT2D eigenvalue weighted by Gasteiger charge is -2.10. The second kappa shape index (κ2) is 5.82. The van der Waals surface area contributed by atoms with E-state index in [1.807, 2.05) is 18.2 Å². The van der Waals surface area contributed by atoms with E-state index in [4.69, 9.17) is 5.73 Å². The minimum absolute atomic E-state index is 0.160. The quantitative estimate of drug-likeness (QED) is 0.815. The zero-order valence-electron chi connectivity index (χ0n) is 10.2. The summed E-state index contributed by atoms with van der Waals surface area (Å²) in [5, 5.41) is 3.06.